The average molecular weight is 263 g/mol. The SMILES string of the molecule is Cc1cc2c(cc1C)C(C(=O)N[C@@H](C)C(=O)O)CO2. The molecule has 0 bridgehead atoms. The molecule has 2 rings (SSSR count). The molecule has 5 nitrogen and oxygen atoms in total. The first-order chi connectivity index (χ1) is 8.90. The van der Waals surface area contributed by atoms with E-state index in [1.807, 2.05) is 26.0 Å². The molecule has 0 radical (unpaired) electrons. The molecule has 0 aliphatic carbocycles. The third kappa shape index (κ3) is 2.54. The first-order valence-corrected chi connectivity index (χ1v) is 6.17. The summed E-state index contributed by atoms with van der Waals surface area (Å²) in [5.74, 6) is -1.08. The lowest BCUT2D eigenvalue weighted by Crippen LogP contribution is -2.41. The molecule has 0 saturated carbocycles. The molecule has 19 heavy (non-hydrogen) atoms. The summed E-state index contributed by atoms with van der Waals surface area (Å²) < 4.78 is 5.50. The minimum atomic E-state index is -1.05. The van der Waals surface area contributed by atoms with Gasteiger partial charge in [0.2, 0.25) is 5.91 Å². The number of aryl methyl sites for hydroxylation is 2. The third-order valence-corrected chi connectivity index (χ3v) is 3.45. The quantitative estimate of drug-likeness (QED) is 0.863. The van der Waals surface area contributed by atoms with Gasteiger partial charge in [0, 0.05) is 5.56 Å². The molecule has 1 aliphatic rings. The number of carboxylic acid groups (broad SMARTS) is 1. The van der Waals surface area contributed by atoms with Gasteiger partial charge in [0.15, 0.2) is 0 Å². The van der Waals surface area contributed by atoms with Crippen molar-refractivity contribution in [3.05, 3.63) is 28.8 Å². The molecule has 1 aromatic rings. The van der Waals surface area contributed by atoms with Gasteiger partial charge in [-0.3, -0.25) is 9.59 Å². The van der Waals surface area contributed by atoms with Crippen molar-refractivity contribution >= 4 is 11.9 Å². The Labute approximate surface area is 111 Å². The van der Waals surface area contributed by atoms with Gasteiger partial charge in [-0.25, -0.2) is 0 Å². The first-order valence-electron chi connectivity index (χ1n) is 6.17. The van der Waals surface area contributed by atoms with Crippen molar-refractivity contribution in [2.45, 2.75) is 32.7 Å². The van der Waals surface area contributed by atoms with Crippen LogP contribution in [0, 0.1) is 13.8 Å². The highest BCUT2D eigenvalue weighted by Gasteiger charge is 2.32. The summed E-state index contributed by atoms with van der Waals surface area (Å²) in [7, 11) is 0. The fourth-order valence-electron chi connectivity index (χ4n) is 2.06. The minimum Gasteiger partial charge on any atom is -0.492 e. The van der Waals surface area contributed by atoms with E-state index in [1.165, 1.54) is 6.92 Å². The molecule has 1 aliphatic heterocycles. The van der Waals surface area contributed by atoms with Crippen LogP contribution in [-0.4, -0.2) is 29.6 Å². The second kappa shape index (κ2) is 4.91. The molecule has 102 valence electrons. The van der Waals surface area contributed by atoms with Crippen LogP contribution in [0.1, 0.15) is 29.5 Å². The predicted molar refractivity (Wildman–Crippen MR) is 69.4 cm³/mol. The van der Waals surface area contributed by atoms with E-state index in [4.69, 9.17) is 9.84 Å². The van der Waals surface area contributed by atoms with Gasteiger partial charge in [0.25, 0.3) is 0 Å². The van der Waals surface area contributed by atoms with E-state index in [9.17, 15) is 9.59 Å². The summed E-state index contributed by atoms with van der Waals surface area (Å²) in [6, 6.07) is 2.95. The number of hydrogen-bond acceptors (Lipinski definition) is 3. The van der Waals surface area contributed by atoms with Gasteiger partial charge in [0.05, 0.1) is 0 Å². The van der Waals surface area contributed by atoms with Gasteiger partial charge in [-0.2, -0.15) is 0 Å². The number of ether oxygens (including phenoxy) is 1. The summed E-state index contributed by atoms with van der Waals surface area (Å²) >= 11 is 0. The maximum absolute atomic E-state index is 12.1. The van der Waals surface area contributed by atoms with Gasteiger partial charge < -0.3 is 15.2 Å². The molecular formula is C14H17NO4. The number of benzene rings is 1. The van der Waals surface area contributed by atoms with Crippen LogP contribution >= 0.6 is 0 Å². The largest absolute Gasteiger partial charge is 0.492 e. The van der Waals surface area contributed by atoms with Crippen LogP contribution in [0.3, 0.4) is 0 Å². The Morgan fingerprint density at radius 2 is 2.00 bits per heavy atom. The molecule has 1 heterocycles. The zero-order valence-electron chi connectivity index (χ0n) is 11.2. The molecule has 0 fully saturated rings. The van der Waals surface area contributed by atoms with E-state index < -0.39 is 17.9 Å². The molecule has 1 amide bonds. The molecule has 1 aromatic carbocycles. The Morgan fingerprint density at radius 3 is 2.63 bits per heavy atom. The zero-order valence-corrected chi connectivity index (χ0v) is 11.2. The smallest absolute Gasteiger partial charge is 0.325 e. The number of carbonyl (C=O) groups is 2. The predicted octanol–water partition coefficient (Wildman–Crippen LogP) is 1.37. The Balaban J connectivity index is 2.20. The number of fused-ring (bicyclic) bond motifs is 1. The van der Waals surface area contributed by atoms with E-state index in [1.54, 1.807) is 0 Å². The number of nitrogens with one attached hydrogen (secondary N) is 1. The van der Waals surface area contributed by atoms with Crippen molar-refractivity contribution in [2.24, 2.45) is 0 Å². The van der Waals surface area contributed by atoms with E-state index in [2.05, 4.69) is 5.32 Å². The van der Waals surface area contributed by atoms with E-state index in [-0.39, 0.29) is 12.5 Å². The Bertz CT molecular complexity index is 538. The van der Waals surface area contributed by atoms with Crippen LogP contribution in [0.15, 0.2) is 12.1 Å². The van der Waals surface area contributed by atoms with Crippen LogP contribution in [-0.2, 0) is 9.59 Å². The molecule has 1 unspecified atom stereocenters. The molecular weight excluding hydrogens is 246 g/mol. The second-order valence-electron chi connectivity index (χ2n) is 4.91. The topological polar surface area (TPSA) is 75.6 Å². The van der Waals surface area contributed by atoms with Gasteiger partial charge in [-0.15, -0.1) is 0 Å². The van der Waals surface area contributed by atoms with Crippen LogP contribution < -0.4 is 10.1 Å². The lowest BCUT2D eigenvalue weighted by Gasteiger charge is -2.13. The van der Waals surface area contributed by atoms with Gasteiger partial charge in [-0.05, 0) is 38.0 Å². The number of aliphatic carboxylic acids is 1. The van der Waals surface area contributed by atoms with Crippen LogP contribution in [0.2, 0.25) is 0 Å². The van der Waals surface area contributed by atoms with Gasteiger partial charge >= 0.3 is 5.97 Å². The molecule has 0 spiro atoms. The molecule has 0 aromatic heterocycles. The summed E-state index contributed by atoms with van der Waals surface area (Å²) in [6.45, 7) is 5.66. The molecule has 2 N–H and O–H groups in total. The fraction of sp³-hybridized carbons (Fsp3) is 0.429. The van der Waals surface area contributed by atoms with Crippen LogP contribution in [0.5, 0.6) is 5.75 Å². The molecule has 5 heteroatoms. The summed E-state index contributed by atoms with van der Waals surface area (Å²) in [5.41, 5.74) is 3.03. The Kier molecular flexibility index (Phi) is 3.46. The van der Waals surface area contributed by atoms with E-state index >= 15 is 0 Å². The third-order valence-electron chi connectivity index (χ3n) is 3.45. The van der Waals surface area contributed by atoms with E-state index in [0.29, 0.717) is 5.75 Å². The maximum Gasteiger partial charge on any atom is 0.325 e. The number of amides is 1. The van der Waals surface area contributed by atoms with Crippen molar-refractivity contribution in [3.63, 3.8) is 0 Å². The average Bonchev–Trinajstić information content (AvgIpc) is 2.72. The zero-order chi connectivity index (χ0) is 14.2. The summed E-state index contributed by atoms with van der Waals surface area (Å²) in [6.07, 6.45) is 0. The monoisotopic (exact) mass is 263 g/mol. The first kappa shape index (κ1) is 13.4. The van der Waals surface area contributed by atoms with Crippen LogP contribution in [0.25, 0.3) is 0 Å². The van der Waals surface area contributed by atoms with Crippen molar-refractivity contribution in [2.75, 3.05) is 6.61 Å². The number of carboxylic acids is 1. The Hall–Kier alpha value is -2.04. The summed E-state index contributed by atoms with van der Waals surface area (Å²) in [5, 5.41) is 11.3. The number of rotatable bonds is 3. The van der Waals surface area contributed by atoms with Gasteiger partial charge in [0.1, 0.15) is 24.3 Å². The second-order valence-corrected chi connectivity index (χ2v) is 4.91. The van der Waals surface area contributed by atoms with Crippen molar-refractivity contribution in [3.8, 4) is 5.75 Å². The van der Waals surface area contributed by atoms with Crippen LogP contribution in [0.4, 0.5) is 0 Å². The number of carbonyl (C=O) groups excluding carboxylic acids is 1. The highest BCUT2D eigenvalue weighted by molar-refractivity contribution is 5.89. The normalized spacial score (nSPS) is 18.4. The Morgan fingerprint density at radius 1 is 1.37 bits per heavy atom. The number of hydrogen-bond donors (Lipinski definition) is 2. The lowest BCUT2D eigenvalue weighted by molar-refractivity contribution is -0.141. The molecule has 0 saturated heterocycles. The standard InChI is InChI=1S/C14H17NO4/c1-7-4-10-11(6-19-12(10)5-8(7)2)13(16)15-9(3)14(17)18/h4-5,9,11H,6H2,1-3H3,(H,15,16)(H,17,18)/t9-,11?/m0/s1. The highest BCUT2D eigenvalue weighted by atomic mass is 16.5. The van der Waals surface area contributed by atoms with Crippen molar-refractivity contribution in [1.29, 1.82) is 0 Å². The van der Waals surface area contributed by atoms with E-state index in [0.717, 1.165) is 16.7 Å². The summed E-state index contributed by atoms with van der Waals surface area (Å²) in [4.78, 5) is 22.8. The highest BCUT2D eigenvalue weighted by Crippen LogP contribution is 2.36. The molecule has 2 atom stereocenters. The maximum atomic E-state index is 12.1. The van der Waals surface area contributed by atoms with Gasteiger partial charge in [-0.1, -0.05) is 6.07 Å². The van der Waals surface area contributed by atoms with Crippen molar-refractivity contribution < 1.29 is 19.4 Å². The fourth-order valence-corrected chi connectivity index (χ4v) is 2.06. The lowest BCUT2D eigenvalue weighted by atomic mass is 9.96. The minimum absolute atomic E-state index is 0.260. The van der Waals surface area contributed by atoms with Crippen molar-refractivity contribution in [1.82, 2.24) is 5.32 Å².